The topological polar surface area (TPSA) is 72.4 Å². The molecule has 142 valence electrons. The molecule has 0 aliphatic carbocycles. The molecule has 0 aromatic carbocycles. The lowest BCUT2D eigenvalue weighted by Crippen LogP contribution is -2.39. The third kappa shape index (κ3) is 4.24. The van der Waals surface area contributed by atoms with Gasteiger partial charge >= 0.3 is 0 Å². The summed E-state index contributed by atoms with van der Waals surface area (Å²) in [6.45, 7) is 5.37. The monoisotopic (exact) mass is 395 g/mol. The zero-order valence-electron chi connectivity index (χ0n) is 15.2. The molecule has 1 aliphatic rings. The number of hydrogen-bond acceptors (Lipinski definition) is 6. The molecule has 0 N–H and O–H groups in total. The van der Waals surface area contributed by atoms with Crippen LogP contribution in [-0.2, 0) is 22.9 Å². The van der Waals surface area contributed by atoms with Crippen molar-refractivity contribution >= 4 is 21.4 Å². The number of ether oxygens (including phenoxy) is 1. The van der Waals surface area contributed by atoms with Crippen LogP contribution in [0.3, 0.4) is 0 Å². The molecule has 0 unspecified atom stereocenters. The molecule has 2 aromatic rings. The summed E-state index contributed by atoms with van der Waals surface area (Å²) in [5.41, 5.74) is 1.14. The van der Waals surface area contributed by atoms with Crippen molar-refractivity contribution < 1.29 is 13.2 Å². The number of rotatable bonds is 7. The van der Waals surface area contributed by atoms with Crippen LogP contribution in [0, 0.1) is 5.92 Å². The number of nitrogens with zero attached hydrogens (tertiary/aromatic N) is 3. The molecular formula is C18H25N3O3S2. The fourth-order valence-corrected chi connectivity index (χ4v) is 5.67. The Bertz CT molecular complexity index is 828. The minimum Gasteiger partial charge on any atom is -0.491 e. The van der Waals surface area contributed by atoms with Crippen molar-refractivity contribution in [1.82, 2.24) is 14.3 Å². The van der Waals surface area contributed by atoms with E-state index in [-0.39, 0.29) is 5.03 Å². The molecule has 1 fully saturated rings. The summed E-state index contributed by atoms with van der Waals surface area (Å²) in [5, 5.41) is 3.30. The van der Waals surface area contributed by atoms with Gasteiger partial charge in [-0.15, -0.1) is 11.3 Å². The maximum Gasteiger partial charge on any atom is 0.264 e. The van der Waals surface area contributed by atoms with Crippen molar-refractivity contribution in [2.45, 2.75) is 44.6 Å². The van der Waals surface area contributed by atoms with E-state index in [9.17, 15) is 8.42 Å². The van der Waals surface area contributed by atoms with Crippen LogP contribution in [0.5, 0.6) is 5.75 Å². The van der Waals surface area contributed by atoms with Gasteiger partial charge in [-0.3, -0.25) is 0 Å². The molecule has 8 heteroatoms. The average molecular weight is 396 g/mol. The van der Waals surface area contributed by atoms with Crippen LogP contribution in [0.15, 0.2) is 28.7 Å². The highest BCUT2D eigenvalue weighted by Crippen LogP contribution is 2.29. The molecule has 0 bridgehead atoms. The quantitative estimate of drug-likeness (QED) is 0.720. The maximum atomic E-state index is 13.0. The molecule has 0 atom stereocenters. The lowest BCUT2D eigenvalue weighted by Gasteiger charge is -2.30. The number of aryl methyl sites for hydroxylation is 1. The zero-order chi connectivity index (χ0) is 18.6. The second-order valence-corrected chi connectivity index (χ2v) is 9.17. The maximum absolute atomic E-state index is 13.0. The molecule has 6 nitrogen and oxygen atoms in total. The van der Waals surface area contributed by atoms with Gasteiger partial charge in [-0.05, 0) is 44.2 Å². The smallest absolute Gasteiger partial charge is 0.264 e. The summed E-state index contributed by atoms with van der Waals surface area (Å²) in [6.07, 6.45) is 5.08. The predicted octanol–water partition coefficient (Wildman–Crippen LogP) is 3.14. The third-order valence-corrected chi connectivity index (χ3v) is 7.38. The summed E-state index contributed by atoms with van der Waals surface area (Å²) >= 11 is 1.71. The molecule has 0 amide bonds. The van der Waals surface area contributed by atoms with E-state index in [2.05, 4.69) is 22.3 Å². The number of sulfonamides is 1. The fourth-order valence-electron chi connectivity index (χ4n) is 3.16. The average Bonchev–Trinajstić information content (AvgIpc) is 3.10. The van der Waals surface area contributed by atoms with Crippen LogP contribution in [0.25, 0.3) is 0 Å². The van der Waals surface area contributed by atoms with Crippen LogP contribution >= 0.6 is 11.3 Å². The molecule has 26 heavy (non-hydrogen) atoms. The molecule has 3 heterocycles. The van der Waals surface area contributed by atoms with Crippen molar-refractivity contribution in [3.63, 3.8) is 0 Å². The lowest BCUT2D eigenvalue weighted by molar-refractivity contribution is 0.270. The first kappa shape index (κ1) is 19.3. The number of aromatic nitrogens is 2. The van der Waals surface area contributed by atoms with Gasteiger partial charge in [0.25, 0.3) is 10.0 Å². The molecular weight excluding hydrogens is 370 g/mol. The summed E-state index contributed by atoms with van der Waals surface area (Å²) in [7, 11) is -3.63. The van der Waals surface area contributed by atoms with Crippen LogP contribution < -0.4 is 4.74 Å². The molecule has 0 spiro atoms. The molecule has 0 radical (unpaired) electrons. The van der Waals surface area contributed by atoms with Gasteiger partial charge in [0.1, 0.15) is 0 Å². The second-order valence-electron chi connectivity index (χ2n) is 6.38. The SMILES string of the molecule is CCOc1cccnc1S(=O)(=O)N1CCC(Cc2nc(CC)cs2)CC1. The Balaban J connectivity index is 1.65. The Morgan fingerprint density at radius 3 is 2.73 bits per heavy atom. The molecule has 1 aliphatic heterocycles. The Morgan fingerprint density at radius 2 is 2.08 bits per heavy atom. The van der Waals surface area contributed by atoms with E-state index in [1.54, 1.807) is 23.5 Å². The van der Waals surface area contributed by atoms with Gasteiger partial charge in [0.05, 0.1) is 17.3 Å². The van der Waals surface area contributed by atoms with Gasteiger partial charge in [0, 0.05) is 31.1 Å². The summed E-state index contributed by atoms with van der Waals surface area (Å²) in [4.78, 5) is 8.71. The van der Waals surface area contributed by atoms with Crippen LogP contribution in [0.4, 0.5) is 0 Å². The van der Waals surface area contributed by atoms with E-state index in [4.69, 9.17) is 4.74 Å². The van der Waals surface area contributed by atoms with Gasteiger partial charge in [-0.25, -0.2) is 18.4 Å². The first-order valence-electron chi connectivity index (χ1n) is 9.05. The van der Waals surface area contributed by atoms with E-state index in [0.29, 0.717) is 31.4 Å². The first-order valence-corrected chi connectivity index (χ1v) is 11.4. The van der Waals surface area contributed by atoms with Gasteiger partial charge in [-0.2, -0.15) is 4.31 Å². The number of thiazole rings is 1. The normalized spacial score (nSPS) is 16.7. The molecule has 0 saturated carbocycles. The van der Waals surface area contributed by atoms with E-state index in [0.717, 1.165) is 36.4 Å². The second kappa shape index (κ2) is 8.45. The Kier molecular flexibility index (Phi) is 6.26. The highest BCUT2D eigenvalue weighted by Gasteiger charge is 2.32. The molecule has 3 rings (SSSR count). The zero-order valence-corrected chi connectivity index (χ0v) is 16.9. The van der Waals surface area contributed by atoms with Gasteiger partial charge in [0.2, 0.25) is 5.03 Å². The van der Waals surface area contributed by atoms with E-state index in [1.807, 2.05) is 6.92 Å². The fraction of sp³-hybridized carbons (Fsp3) is 0.556. The van der Waals surface area contributed by atoms with Crippen molar-refractivity contribution in [3.8, 4) is 5.75 Å². The van der Waals surface area contributed by atoms with Crippen LogP contribution in [0.1, 0.15) is 37.4 Å². The minimum atomic E-state index is -3.63. The summed E-state index contributed by atoms with van der Waals surface area (Å²) in [5.74, 6) is 0.805. The Morgan fingerprint density at radius 1 is 1.31 bits per heavy atom. The molecule has 1 saturated heterocycles. The third-order valence-electron chi connectivity index (χ3n) is 4.62. The summed E-state index contributed by atoms with van der Waals surface area (Å²) < 4.78 is 32.9. The lowest BCUT2D eigenvalue weighted by atomic mass is 9.95. The Hall–Kier alpha value is -1.51. The standard InChI is InChI=1S/C18H25N3O3S2/c1-3-15-13-25-17(20-15)12-14-7-10-21(11-8-14)26(22,23)18-16(24-4-2)6-5-9-19-18/h5-6,9,13-14H,3-4,7-8,10-12H2,1-2H3. The number of piperidine rings is 1. The van der Waals surface area contributed by atoms with Crippen molar-refractivity contribution in [3.05, 3.63) is 34.4 Å². The van der Waals surface area contributed by atoms with E-state index in [1.165, 1.54) is 10.5 Å². The van der Waals surface area contributed by atoms with Gasteiger partial charge < -0.3 is 4.74 Å². The number of hydrogen-bond donors (Lipinski definition) is 0. The number of pyridine rings is 1. The summed E-state index contributed by atoms with van der Waals surface area (Å²) in [6, 6.07) is 3.35. The van der Waals surface area contributed by atoms with Crippen LogP contribution in [0.2, 0.25) is 0 Å². The first-order chi connectivity index (χ1) is 12.5. The van der Waals surface area contributed by atoms with Gasteiger partial charge in [0.15, 0.2) is 5.75 Å². The van der Waals surface area contributed by atoms with E-state index < -0.39 is 10.0 Å². The van der Waals surface area contributed by atoms with E-state index >= 15 is 0 Å². The minimum absolute atomic E-state index is 0.0211. The van der Waals surface area contributed by atoms with Gasteiger partial charge in [-0.1, -0.05) is 6.92 Å². The van der Waals surface area contributed by atoms with Crippen molar-refractivity contribution in [1.29, 1.82) is 0 Å². The highest BCUT2D eigenvalue weighted by atomic mass is 32.2. The Labute approximate surface area is 159 Å². The van der Waals surface area contributed by atoms with Crippen molar-refractivity contribution in [2.75, 3.05) is 19.7 Å². The highest BCUT2D eigenvalue weighted by molar-refractivity contribution is 7.89. The van der Waals surface area contributed by atoms with Crippen LogP contribution in [-0.4, -0.2) is 42.4 Å². The predicted molar refractivity (Wildman–Crippen MR) is 102 cm³/mol. The largest absolute Gasteiger partial charge is 0.491 e. The van der Waals surface area contributed by atoms with Crippen molar-refractivity contribution in [2.24, 2.45) is 5.92 Å². The molecule has 2 aromatic heterocycles.